The first-order valence-corrected chi connectivity index (χ1v) is 17.2. The molecule has 1 rings (SSSR count). The van der Waals surface area contributed by atoms with Gasteiger partial charge in [-0.05, 0) is 0 Å². The molecule has 0 atom stereocenters. The van der Waals surface area contributed by atoms with Crippen LogP contribution in [0.3, 0.4) is 0 Å². The second-order valence-corrected chi connectivity index (χ2v) is 15.2. The third kappa shape index (κ3) is 17.9. The van der Waals surface area contributed by atoms with Gasteiger partial charge in [0.15, 0.2) is 0 Å². The van der Waals surface area contributed by atoms with E-state index in [0.717, 1.165) is 13.1 Å². The Morgan fingerprint density at radius 3 is 1.24 bits per heavy atom. The summed E-state index contributed by atoms with van der Waals surface area (Å²) in [6.45, 7) is 26.6. The molecule has 1 aromatic rings. The van der Waals surface area contributed by atoms with Crippen molar-refractivity contribution in [3.8, 4) is 0 Å². The average molecular weight is 639 g/mol. The van der Waals surface area contributed by atoms with Gasteiger partial charge in [0.25, 0.3) is 0 Å². The van der Waals surface area contributed by atoms with Crippen molar-refractivity contribution in [2.75, 3.05) is 13.1 Å². The first-order valence-electron chi connectivity index (χ1n) is 7.27. The summed E-state index contributed by atoms with van der Waals surface area (Å²) < 4.78 is 17.2. The summed E-state index contributed by atoms with van der Waals surface area (Å²) in [6, 6.07) is 0. The Balaban J connectivity index is -0.000000129. The van der Waals surface area contributed by atoms with Crippen LogP contribution in [0, 0.1) is 47.9 Å². The zero-order chi connectivity index (χ0) is 21.2. The van der Waals surface area contributed by atoms with Crippen LogP contribution in [0.25, 0.3) is 0 Å². The van der Waals surface area contributed by atoms with Gasteiger partial charge < -0.3 is 0 Å². The van der Waals surface area contributed by atoms with E-state index in [9.17, 15) is 0 Å². The summed E-state index contributed by atoms with van der Waals surface area (Å²) in [4.78, 5) is 2.29. The Hall–Kier alpha value is 0.761. The zero-order valence-corrected chi connectivity index (χ0v) is 23.1. The molecule has 0 aliphatic rings. The van der Waals surface area contributed by atoms with Crippen LogP contribution in [0.15, 0.2) is 0 Å². The topological polar surface area (TPSA) is 43.0 Å². The molecule has 0 saturated heterocycles. The van der Waals surface area contributed by atoms with Crippen LogP contribution in [0.1, 0.15) is 41.7 Å². The Labute approximate surface area is 181 Å². The number of hydrogen-bond donors (Lipinski definition) is 0. The molecule has 3 nitrogen and oxygen atoms in total. The Kier molecular flexibility index (Phi) is 30.4. The summed E-state index contributed by atoms with van der Waals surface area (Å²) >= 11 is -0.376. The van der Waals surface area contributed by atoms with Gasteiger partial charge in [-0.3, -0.25) is 0 Å². The molecule has 1 radical (unpaired) electrons. The molecule has 25 heavy (non-hydrogen) atoms. The fourth-order valence-corrected chi connectivity index (χ4v) is 2.85. The van der Waals surface area contributed by atoms with Gasteiger partial charge in [-0.2, -0.15) is 27.8 Å². The van der Waals surface area contributed by atoms with Crippen molar-refractivity contribution in [3.63, 3.8) is 0 Å². The van der Waals surface area contributed by atoms with Gasteiger partial charge in [0, 0.05) is 0 Å². The van der Waals surface area contributed by atoms with Gasteiger partial charge in [-0.15, -0.1) is 0 Å². The van der Waals surface area contributed by atoms with Crippen molar-refractivity contribution >= 4 is 46.1 Å². The number of halogens is 3. The Bertz CT molecular complexity index is 410. The maximum absolute atomic E-state index is 7.50. The molecule has 143 valence electrons. The summed E-state index contributed by atoms with van der Waals surface area (Å²) in [7, 11) is 14.9. The van der Waals surface area contributed by atoms with E-state index >= 15 is 0 Å². The molecule has 0 N–H and O–H groups in total. The summed E-state index contributed by atoms with van der Waals surface area (Å²) in [6.07, 6.45) is 0. The number of nitrogens with zero attached hydrogens (tertiary/aromatic N) is 1. The van der Waals surface area contributed by atoms with Gasteiger partial charge in [0.1, 0.15) is 0 Å². The van der Waals surface area contributed by atoms with E-state index in [2.05, 4.69) is 71.2 Å². The third-order valence-corrected chi connectivity index (χ3v) is 4.85. The standard InChI is InChI=1S/C10H15.C5H11N.2CO.Cl3Ge.W/c1-6-7(2)9(4)10(5)8(6)3;1-4-6(3)5-2;2*1-2;1-4(2)3;/h1-5H3;3H,4-5H2,1-2H3;;;;/q-1;;;;;. The van der Waals surface area contributed by atoms with Crippen LogP contribution in [-0.2, 0) is 28.7 Å². The average Bonchev–Trinajstić information content (AvgIpc) is 2.78. The van der Waals surface area contributed by atoms with Crippen molar-refractivity contribution in [1.82, 2.24) is 4.90 Å². The van der Waals surface area contributed by atoms with Crippen LogP contribution in [0.2, 0.25) is 0 Å². The van der Waals surface area contributed by atoms with E-state index in [4.69, 9.17) is 39.3 Å². The van der Waals surface area contributed by atoms with Crippen molar-refractivity contribution in [1.29, 1.82) is 0 Å². The molecule has 1 aromatic carbocycles. The van der Waals surface area contributed by atoms with Gasteiger partial charge in [0.05, 0.1) is 0 Å². The van der Waals surface area contributed by atoms with Crippen molar-refractivity contribution in [2.45, 2.75) is 48.5 Å². The Morgan fingerprint density at radius 1 is 0.960 bits per heavy atom. The van der Waals surface area contributed by atoms with Crippen molar-refractivity contribution in [2.24, 2.45) is 0 Å². The SMILES string of the molecule is CCN([CH]=[W])CC.Cc1c(C)c(C)[c-](C)c1C.[C-]#[O+].[C-]#[O+].[Cl][Ge]([Cl])[Cl]. The predicted molar refractivity (Wildman–Crippen MR) is 106 cm³/mol. The molecule has 0 aromatic heterocycles. The number of hydrogen-bond acceptors (Lipinski definition) is 1. The second-order valence-electron chi connectivity index (χ2n) is 4.67. The molecule has 0 heterocycles. The molecule has 0 spiro atoms. The van der Waals surface area contributed by atoms with E-state index in [1.165, 1.54) is 27.8 Å². The fraction of sp³-hybridized carbons (Fsp3) is 0.529. The molecular weight excluding hydrogens is 613 g/mol. The molecule has 0 unspecified atom stereocenters. The number of rotatable bonds is 3. The summed E-state index contributed by atoms with van der Waals surface area (Å²) in [5, 5.41) is 0. The molecule has 0 amide bonds. The van der Waals surface area contributed by atoms with E-state index in [1.54, 1.807) is 19.4 Å². The molecule has 0 aliphatic carbocycles. The van der Waals surface area contributed by atoms with Crippen LogP contribution in [0.4, 0.5) is 0 Å². The molecule has 0 bridgehead atoms. The van der Waals surface area contributed by atoms with Crippen LogP contribution >= 0.6 is 30.0 Å². The second kappa shape index (κ2) is 22.8. The molecular formula is C17H26Cl3GeNO2W-. The molecule has 0 aliphatic heterocycles. The van der Waals surface area contributed by atoms with Crippen LogP contribution in [-0.4, -0.2) is 34.1 Å². The van der Waals surface area contributed by atoms with Gasteiger partial charge in [-0.25, -0.2) is 0 Å². The van der Waals surface area contributed by atoms with E-state index in [-0.39, 0.29) is 0 Å². The fourth-order valence-electron chi connectivity index (χ4n) is 1.78. The Morgan fingerprint density at radius 2 is 1.20 bits per heavy atom. The first kappa shape index (κ1) is 33.4. The van der Waals surface area contributed by atoms with E-state index < -0.39 is 11.6 Å². The molecule has 0 saturated carbocycles. The summed E-state index contributed by atoms with van der Waals surface area (Å²) in [5.74, 6) is 0. The first-order chi connectivity index (χ1) is 11.6. The monoisotopic (exact) mass is 639 g/mol. The molecule has 8 heteroatoms. The predicted octanol–water partition coefficient (Wildman–Crippen LogP) is 5.19. The minimum absolute atomic E-state index is 1.15. The molecule has 0 fully saturated rings. The van der Waals surface area contributed by atoms with Crippen molar-refractivity contribution in [3.05, 3.63) is 41.1 Å². The quantitative estimate of drug-likeness (QED) is 0.255. The normalized spacial score (nSPS) is 8.48. The van der Waals surface area contributed by atoms with Gasteiger partial charge in [0.2, 0.25) is 0 Å². The zero-order valence-electron chi connectivity index (χ0n) is 15.8. The van der Waals surface area contributed by atoms with E-state index in [1.807, 2.05) is 0 Å². The van der Waals surface area contributed by atoms with Crippen molar-refractivity contribution < 1.29 is 28.7 Å². The maximum atomic E-state index is 7.50. The summed E-state index contributed by atoms with van der Waals surface area (Å²) in [5.41, 5.74) is 7.34. The third-order valence-electron chi connectivity index (χ3n) is 3.77. The minimum atomic E-state index is -1.92. The van der Waals surface area contributed by atoms with Crippen LogP contribution in [0.5, 0.6) is 0 Å². The van der Waals surface area contributed by atoms with E-state index in [0.29, 0.717) is 0 Å². The van der Waals surface area contributed by atoms with Gasteiger partial charge >= 0.3 is 120 Å². The van der Waals surface area contributed by atoms with Crippen LogP contribution < -0.4 is 0 Å². The van der Waals surface area contributed by atoms with Gasteiger partial charge in [-0.1, -0.05) is 34.6 Å².